The lowest BCUT2D eigenvalue weighted by atomic mass is 9.65. The first-order chi connectivity index (χ1) is 18.7. The lowest BCUT2D eigenvalue weighted by Crippen LogP contribution is -2.61. The summed E-state index contributed by atoms with van der Waals surface area (Å²) in [4.78, 5) is 54.1. The van der Waals surface area contributed by atoms with E-state index in [9.17, 15) is 29.4 Å². The maximum atomic E-state index is 14.0. The minimum Gasteiger partial charge on any atom is -0.480 e. The van der Waals surface area contributed by atoms with E-state index in [0.717, 1.165) is 4.90 Å². The van der Waals surface area contributed by atoms with Gasteiger partial charge in [0.2, 0.25) is 5.91 Å². The summed E-state index contributed by atoms with van der Waals surface area (Å²) in [6.07, 6.45) is 0.303. The zero-order valence-electron chi connectivity index (χ0n) is 26.0. The monoisotopic (exact) mass is 581 g/mol. The molecule has 3 aliphatic heterocycles. The first kappa shape index (κ1) is 33.0. The predicted molar refractivity (Wildman–Crippen MR) is 151 cm³/mol. The molecule has 0 saturated carbocycles. The fourth-order valence-electron chi connectivity index (χ4n) is 6.48. The molecule has 0 bridgehead atoms. The van der Waals surface area contributed by atoms with E-state index in [1.165, 1.54) is 0 Å². The van der Waals surface area contributed by atoms with Crippen LogP contribution in [0.15, 0.2) is 0 Å². The van der Waals surface area contributed by atoms with Gasteiger partial charge in [0.1, 0.15) is 17.7 Å². The number of nitrogens with one attached hydrogen (secondary N) is 1. The van der Waals surface area contributed by atoms with Gasteiger partial charge in [0.25, 0.3) is 0 Å². The second-order valence-corrected chi connectivity index (χ2v) is 14.0. The van der Waals surface area contributed by atoms with Gasteiger partial charge < -0.3 is 34.5 Å². The molecule has 12 nitrogen and oxygen atoms in total. The third-order valence-electron chi connectivity index (χ3n) is 9.06. The Kier molecular flexibility index (Phi) is 9.35. The minimum atomic E-state index is -1.34. The Balaban J connectivity index is 1.89. The third kappa shape index (κ3) is 6.76. The Morgan fingerprint density at radius 2 is 1.63 bits per heavy atom. The number of ether oxygens (including phenoxy) is 1. The highest BCUT2D eigenvalue weighted by Gasteiger charge is 2.62. The average molecular weight is 582 g/mol. The van der Waals surface area contributed by atoms with E-state index in [0.29, 0.717) is 38.5 Å². The number of carboxylic acids is 1. The number of hydrogen-bond donors (Lipinski definition) is 3. The number of aliphatic carboxylic acids is 1. The molecule has 3 rings (SSSR count). The number of carbonyl (C=O) groups is 4. The number of likely N-dealkylation sites (tertiary alicyclic amines) is 2. The minimum absolute atomic E-state index is 0.119. The topological polar surface area (TPSA) is 155 Å². The number of nitrogens with zero attached hydrogens (tertiary/aromatic N) is 2. The molecule has 13 heteroatoms. The highest BCUT2D eigenvalue weighted by Crippen LogP contribution is 2.51. The molecule has 0 aromatic heterocycles. The summed E-state index contributed by atoms with van der Waals surface area (Å²) in [6.45, 7) is 16.9. The number of amides is 3. The molecule has 3 saturated heterocycles. The molecule has 0 spiro atoms. The summed E-state index contributed by atoms with van der Waals surface area (Å²) in [7, 11) is -0.472. The molecular formula is C28H48BN3O9. The van der Waals surface area contributed by atoms with Gasteiger partial charge in [0.05, 0.1) is 17.2 Å². The van der Waals surface area contributed by atoms with Gasteiger partial charge >= 0.3 is 25.3 Å². The molecule has 3 amide bonds. The summed E-state index contributed by atoms with van der Waals surface area (Å²) < 4.78 is 17.6. The maximum Gasteiger partial charge on any atom is 0.457 e. The van der Waals surface area contributed by atoms with Crippen LogP contribution in [0.5, 0.6) is 0 Å². The lowest BCUT2D eigenvalue weighted by molar-refractivity contribution is -0.151. The van der Waals surface area contributed by atoms with E-state index in [1.54, 1.807) is 39.5 Å². The highest BCUT2D eigenvalue weighted by molar-refractivity contribution is 6.45. The first-order valence-corrected chi connectivity index (χ1v) is 14.6. The summed E-state index contributed by atoms with van der Waals surface area (Å²) in [6, 6.07) is -2.90. The van der Waals surface area contributed by atoms with Crippen LogP contribution in [0.1, 0.15) is 88.0 Å². The van der Waals surface area contributed by atoms with E-state index in [4.69, 9.17) is 14.0 Å². The van der Waals surface area contributed by atoms with Crippen LogP contribution in [0, 0.1) is 11.3 Å². The first-order valence-electron chi connectivity index (χ1n) is 14.6. The molecule has 3 heterocycles. The van der Waals surface area contributed by atoms with E-state index in [1.807, 2.05) is 27.7 Å². The number of hydrogen-bond acceptors (Lipinski definition) is 7. The molecule has 3 fully saturated rings. The normalized spacial score (nSPS) is 27.9. The fraction of sp³-hybridized carbons (Fsp3) is 0.857. The van der Waals surface area contributed by atoms with Crippen molar-refractivity contribution in [1.82, 2.24) is 15.1 Å². The van der Waals surface area contributed by atoms with Crippen molar-refractivity contribution >= 4 is 31.2 Å². The van der Waals surface area contributed by atoms with Gasteiger partial charge in [-0.25, -0.2) is 14.4 Å². The van der Waals surface area contributed by atoms with Gasteiger partial charge in [-0.1, -0.05) is 20.3 Å². The van der Waals surface area contributed by atoms with Gasteiger partial charge in [-0.2, -0.15) is 0 Å². The van der Waals surface area contributed by atoms with E-state index in [-0.39, 0.29) is 18.4 Å². The van der Waals surface area contributed by atoms with Crippen LogP contribution in [0.3, 0.4) is 0 Å². The smallest absolute Gasteiger partial charge is 0.457 e. The number of carboxylic acid groups (broad SMARTS) is 2. The van der Waals surface area contributed by atoms with Crippen molar-refractivity contribution in [3.05, 3.63) is 0 Å². The van der Waals surface area contributed by atoms with E-state index >= 15 is 0 Å². The molecule has 232 valence electrons. The van der Waals surface area contributed by atoms with Crippen molar-refractivity contribution in [2.24, 2.45) is 11.3 Å². The second kappa shape index (κ2) is 11.6. The quantitative estimate of drug-likeness (QED) is 0.363. The zero-order chi connectivity index (χ0) is 31.1. The van der Waals surface area contributed by atoms with Crippen LogP contribution in [-0.4, -0.2) is 99.2 Å². The molecule has 4 atom stereocenters. The maximum absolute atomic E-state index is 14.0. The van der Waals surface area contributed by atoms with Crippen molar-refractivity contribution in [3.63, 3.8) is 0 Å². The molecule has 3 N–H and O–H groups in total. The second-order valence-electron chi connectivity index (χ2n) is 14.0. The zero-order valence-corrected chi connectivity index (χ0v) is 26.0. The average Bonchev–Trinajstić information content (AvgIpc) is 3.25. The Morgan fingerprint density at radius 3 is 2.12 bits per heavy atom. The highest BCUT2D eigenvalue weighted by atomic mass is 16.7. The largest absolute Gasteiger partial charge is 0.480 e. The Hall–Kier alpha value is -2.54. The molecule has 0 aromatic rings. The third-order valence-corrected chi connectivity index (χ3v) is 9.06. The number of alkyl carbamates (subject to hydrolysis) is 1. The Bertz CT molecular complexity index is 1010. The van der Waals surface area contributed by atoms with Crippen LogP contribution in [0.4, 0.5) is 9.59 Å². The van der Waals surface area contributed by atoms with Crippen molar-refractivity contribution in [2.75, 3.05) is 13.1 Å². The predicted octanol–water partition coefficient (Wildman–Crippen LogP) is 3.83. The van der Waals surface area contributed by atoms with E-state index in [2.05, 4.69) is 5.32 Å². The molecule has 3 aliphatic rings. The SMILES string of the molecule is CC(C)[C@H](NC(=O)OC(C)(C)C)C(=O)N1CCC[C@@]2(CCCB3OC(C)(C)C(C)(C)O3)[C@@H]1CN(C(=O)O)[C@@H]2C(=O)O. The Morgan fingerprint density at radius 1 is 1.05 bits per heavy atom. The molecule has 0 radical (unpaired) electrons. The fourth-order valence-corrected chi connectivity index (χ4v) is 6.48. The molecular weight excluding hydrogens is 533 g/mol. The van der Waals surface area contributed by atoms with Crippen molar-refractivity contribution in [3.8, 4) is 0 Å². The van der Waals surface area contributed by atoms with Crippen molar-refractivity contribution in [1.29, 1.82) is 0 Å². The number of piperidine rings is 1. The summed E-state index contributed by atoms with van der Waals surface area (Å²) in [5.41, 5.74) is -2.77. The van der Waals surface area contributed by atoms with Gasteiger partial charge in [0.15, 0.2) is 0 Å². The van der Waals surface area contributed by atoms with Gasteiger partial charge in [-0.05, 0) is 80.0 Å². The standard InChI is InChI=1S/C28H48BN3O9/c1-17(2)19(30-23(36)39-25(3,4)5)21(33)31-15-11-13-28(18(31)16-32(24(37)38)20(28)22(34)35)12-10-14-29-40-26(6,7)27(8,9)41-29/h17-20H,10-16H2,1-9H3,(H,30,36)(H,34,35)(H,37,38)/t18-,19-,20+,28-/m0/s1. The van der Waals surface area contributed by atoms with Gasteiger partial charge in [-0.3, -0.25) is 9.69 Å². The van der Waals surface area contributed by atoms with Gasteiger partial charge in [0, 0.05) is 18.5 Å². The molecule has 0 unspecified atom stereocenters. The summed E-state index contributed by atoms with van der Waals surface area (Å²) in [5, 5.41) is 23.0. The van der Waals surface area contributed by atoms with E-state index < -0.39 is 65.6 Å². The molecule has 0 aromatic carbocycles. The van der Waals surface area contributed by atoms with Gasteiger partial charge in [-0.15, -0.1) is 0 Å². The molecule has 0 aliphatic carbocycles. The van der Waals surface area contributed by atoms with Crippen LogP contribution in [0.25, 0.3) is 0 Å². The van der Waals surface area contributed by atoms with Crippen LogP contribution in [0.2, 0.25) is 6.32 Å². The van der Waals surface area contributed by atoms with Crippen molar-refractivity contribution in [2.45, 2.75) is 129 Å². The lowest BCUT2D eigenvalue weighted by Gasteiger charge is -2.48. The number of rotatable bonds is 8. The Labute approximate surface area is 243 Å². The van der Waals surface area contributed by atoms with Crippen LogP contribution < -0.4 is 5.32 Å². The summed E-state index contributed by atoms with van der Waals surface area (Å²) in [5.74, 6) is -1.89. The van der Waals surface area contributed by atoms with Crippen LogP contribution in [-0.2, 0) is 23.6 Å². The number of carbonyl (C=O) groups excluding carboxylic acids is 2. The molecule has 41 heavy (non-hydrogen) atoms. The summed E-state index contributed by atoms with van der Waals surface area (Å²) >= 11 is 0. The van der Waals surface area contributed by atoms with Crippen molar-refractivity contribution < 1.29 is 43.4 Å². The van der Waals surface area contributed by atoms with Crippen LogP contribution >= 0.6 is 0 Å². The number of fused-ring (bicyclic) bond motifs is 1.